The number of nitrogens with one attached hydrogen (secondary N) is 4. The van der Waals surface area contributed by atoms with Crippen LogP contribution in [0.2, 0.25) is 0 Å². The van der Waals surface area contributed by atoms with Gasteiger partial charge in [0.2, 0.25) is 25.1 Å². The Morgan fingerprint density at radius 2 is 1.83 bits per heavy atom. The van der Waals surface area contributed by atoms with Crippen LogP contribution in [0.5, 0.6) is 0 Å². The topological polar surface area (TPSA) is 364 Å². The van der Waals surface area contributed by atoms with E-state index < -0.39 is 65.0 Å². The molecule has 27 heteroatoms. The third-order valence-electron chi connectivity index (χ3n) is 9.75. The number of ether oxygens (including phenoxy) is 1. The number of hydrogen-bond donors (Lipinski definition) is 11. The summed E-state index contributed by atoms with van der Waals surface area (Å²) in [6.07, 6.45) is 2.62. The maximum Gasteiger partial charge on any atom is 0.337 e. The molecule has 3 aliphatic rings. The highest BCUT2D eigenvalue weighted by molar-refractivity contribution is 8.00. The van der Waals surface area contributed by atoms with Gasteiger partial charge in [0.15, 0.2) is 5.65 Å². The van der Waals surface area contributed by atoms with E-state index in [1.54, 1.807) is 0 Å². The standard InChI is InChI=1S/C32H50N9O14P3S/c33-31-38-29-27(30(45)39-31)19(14-40(29)26-13-21(42)22(55-26)15-54-58(52,53)18-56(47,48)17-57(49,50)51)7-6-11-35-24(43)9-2-1-5-12-41(34)25(44)10-4-3-8-23-28-20(16-59-23)36-32(46)37-28/h14,20-23,26,28,42H,1-5,8-13,15-18,34H2,(H,35,43)(H,47,48)(H,52,53)(H2,36,37,46)(H2,49,50,51)(H3,33,38,39,45)/t20?,21?,22-,23?,26-,28?/m1/s1. The van der Waals surface area contributed by atoms with Crippen molar-refractivity contribution in [2.45, 2.75) is 93.6 Å². The first-order chi connectivity index (χ1) is 27.7. The SMILES string of the molecule is Nc1nc2c(c(C#CCNC(=O)CCCCCN(N)C(=O)CCCCC3SCC4NC(=O)NC43)cn2[C@H]2CC(O)[C@@H](COP(=O)(O)CP(=O)(O)CP(=O)(O)O)O2)c(=O)[nH]1. The van der Waals surface area contributed by atoms with Crippen molar-refractivity contribution in [3.8, 4) is 11.8 Å². The number of urea groups is 1. The third kappa shape index (κ3) is 13.6. The number of amides is 4. The minimum absolute atomic E-state index is 0.0334. The molecule has 328 valence electrons. The second kappa shape index (κ2) is 20.1. The summed E-state index contributed by atoms with van der Waals surface area (Å²) >= 11 is 1.84. The number of carbonyl (C=O) groups is 3. The Hall–Kier alpha value is -3.29. The number of unbranched alkanes of at least 4 members (excludes halogenated alkanes) is 3. The van der Waals surface area contributed by atoms with E-state index >= 15 is 0 Å². The van der Waals surface area contributed by atoms with Gasteiger partial charge in [-0.2, -0.15) is 16.7 Å². The van der Waals surface area contributed by atoms with Gasteiger partial charge in [-0.15, -0.1) is 0 Å². The largest absolute Gasteiger partial charge is 0.390 e. The number of nitrogen functional groups attached to an aromatic ring is 1. The second-order valence-corrected chi connectivity index (χ2v) is 22.7. The molecule has 0 spiro atoms. The fourth-order valence-corrected chi connectivity index (χ4v) is 15.0. The molecule has 4 amide bonds. The molecule has 5 rings (SSSR count). The zero-order valence-corrected chi connectivity index (χ0v) is 35.3. The third-order valence-corrected chi connectivity index (χ3v) is 18.2. The van der Waals surface area contributed by atoms with E-state index in [0.717, 1.165) is 18.6 Å². The van der Waals surface area contributed by atoms with Crippen LogP contribution in [0.3, 0.4) is 0 Å². The van der Waals surface area contributed by atoms with E-state index in [-0.39, 0.29) is 71.9 Å². The van der Waals surface area contributed by atoms with E-state index in [2.05, 4.69) is 37.8 Å². The number of thioether (sulfide) groups is 1. The molecule has 0 aromatic carbocycles. The van der Waals surface area contributed by atoms with Crippen LogP contribution in [0.4, 0.5) is 10.7 Å². The number of fused-ring (bicyclic) bond motifs is 2. The molecule has 0 aliphatic carbocycles. The Morgan fingerprint density at radius 3 is 2.58 bits per heavy atom. The molecule has 23 nitrogen and oxygen atoms in total. The number of aromatic nitrogens is 3. The smallest absolute Gasteiger partial charge is 0.337 e. The van der Waals surface area contributed by atoms with Crippen LogP contribution in [-0.2, 0) is 32.5 Å². The Morgan fingerprint density at radius 1 is 1.08 bits per heavy atom. The second-order valence-electron chi connectivity index (χ2n) is 14.6. The summed E-state index contributed by atoms with van der Waals surface area (Å²) < 4.78 is 47.7. The monoisotopic (exact) mass is 909 g/mol. The molecule has 5 heterocycles. The number of aromatic amines is 1. The van der Waals surface area contributed by atoms with Crippen molar-refractivity contribution in [2.75, 3.05) is 43.0 Å². The van der Waals surface area contributed by atoms with Crippen molar-refractivity contribution in [2.24, 2.45) is 5.84 Å². The fourth-order valence-electron chi connectivity index (χ4n) is 7.01. The van der Waals surface area contributed by atoms with E-state index in [4.69, 9.17) is 30.6 Å². The number of aliphatic hydroxyl groups is 1. The van der Waals surface area contributed by atoms with E-state index in [1.165, 1.54) is 15.8 Å². The lowest BCUT2D eigenvalue weighted by molar-refractivity contribution is -0.131. The zero-order valence-electron chi connectivity index (χ0n) is 31.8. The highest BCUT2D eigenvalue weighted by Gasteiger charge is 2.43. The van der Waals surface area contributed by atoms with E-state index in [1.807, 2.05) is 11.8 Å². The summed E-state index contributed by atoms with van der Waals surface area (Å²) in [5.74, 6) is 8.87. The van der Waals surface area contributed by atoms with Gasteiger partial charge in [-0.05, 0) is 25.7 Å². The molecule has 0 radical (unpaired) electrons. The van der Waals surface area contributed by atoms with Crippen LogP contribution in [0.15, 0.2) is 11.0 Å². The summed E-state index contributed by atoms with van der Waals surface area (Å²) in [4.78, 5) is 93.7. The molecule has 59 heavy (non-hydrogen) atoms. The lowest BCUT2D eigenvalue weighted by Gasteiger charge is -2.20. The van der Waals surface area contributed by atoms with Crippen molar-refractivity contribution in [1.82, 2.24) is 35.5 Å². The summed E-state index contributed by atoms with van der Waals surface area (Å²) in [5, 5.41) is 20.8. The van der Waals surface area contributed by atoms with Crippen molar-refractivity contribution in [1.29, 1.82) is 0 Å². The Balaban J connectivity index is 1.03. The van der Waals surface area contributed by atoms with Crippen molar-refractivity contribution in [3.63, 3.8) is 0 Å². The number of anilines is 1. The number of nitrogens with two attached hydrogens (primary N) is 2. The van der Waals surface area contributed by atoms with Crippen molar-refractivity contribution < 1.29 is 62.0 Å². The Kier molecular flexibility index (Phi) is 15.9. The van der Waals surface area contributed by atoms with Crippen molar-refractivity contribution in [3.05, 3.63) is 22.1 Å². The first-order valence-corrected chi connectivity index (χ1v) is 25.4. The van der Waals surface area contributed by atoms with Gasteiger partial charge in [0.25, 0.3) is 5.56 Å². The number of rotatable bonds is 20. The molecule has 0 bridgehead atoms. The normalized spacial score (nSPS) is 24.7. The summed E-state index contributed by atoms with van der Waals surface area (Å²) in [6.45, 7) is -0.433. The predicted molar refractivity (Wildman–Crippen MR) is 215 cm³/mol. The number of aliphatic hydroxyl groups excluding tert-OH is 1. The predicted octanol–water partition coefficient (Wildman–Crippen LogP) is -0.0235. The quantitative estimate of drug-likeness (QED) is 0.0158. The molecular weight excluding hydrogens is 859 g/mol. The zero-order chi connectivity index (χ0) is 43.1. The molecular formula is C32H50N9O14P3S. The molecule has 0 saturated carbocycles. The molecule has 3 fully saturated rings. The van der Waals surface area contributed by atoms with E-state index in [9.17, 15) is 47.8 Å². The van der Waals surface area contributed by atoms with Gasteiger partial charge in [-0.3, -0.25) is 38.1 Å². The van der Waals surface area contributed by atoms with Crippen LogP contribution in [0.1, 0.15) is 69.6 Å². The summed E-state index contributed by atoms with van der Waals surface area (Å²) in [7, 11) is -14.6. The number of carbonyl (C=O) groups excluding carboxylic acids is 3. The van der Waals surface area contributed by atoms with Gasteiger partial charge in [0.1, 0.15) is 24.1 Å². The van der Waals surface area contributed by atoms with Crippen molar-refractivity contribution >= 4 is 69.1 Å². The molecule has 13 N–H and O–H groups in total. The van der Waals surface area contributed by atoms with Gasteiger partial charge in [-0.25, -0.2) is 10.6 Å². The van der Waals surface area contributed by atoms with Gasteiger partial charge in [0, 0.05) is 43.0 Å². The lowest BCUT2D eigenvalue weighted by atomic mass is 10.0. The van der Waals surface area contributed by atoms with Crippen LogP contribution >= 0.6 is 34.3 Å². The minimum Gasteiger partial charge on any atom is -0.390 e. The highest BCUT2D eigenvalue weighted by Crippen LogP contribution is 2.63. The Bertz CT molecular complexity index is 2140. The average molecular weight is 910 g/mol. The number of hydrogen-bond acceptors (Lipinski definition) is 14. The van der Waals surface area contributed by atoms with Gasteiger partial charge in [-0.1, -0.05) is 24.7 Å². The van der Waals surface area contributed by atoms with Crippen LogP contribution in [-0.4, -0.2) is 129 Å². The molecule has 3 aliphatic heterocycles. The number of hydrazine groups is 1. The Labute approximate surface area is 342 Å². The average Bonchev–Trinajstić information content (AvgIpc) is 3.88. The number of H-pyrrole nitrogens is 1. The van der Waals surface area contributed by atoms with Gasteiger partial charge in [0.05, 0.1) is 42.3 Å². The summed E-state index contributed by atoms with van der Waals surface area (Å²) in [5.41, 5.74) is 5.38. The first-order valence-electron chi connectivity index (χ1n) is 18.7. The molecule has 3 saturated heterocycles. The van der Waals surface area contributed by atoms with E-state index in [0.29, 0.717) is 43.9 Å². The van der Waals surface area contributed by atoms with Crippen LogP contribution in [0, 0.1) is 11.8 Å². The molecule has 2 aromatic rings. The fraction of sp³-hybridized carbons (Fsp3) is 0.656. The molecule has 2 aromatic heterocycles. The summed E-state index contributed by atoms with van der Waals surface area (Å²) in [6, 6.07) is 0.189. The maximum atomic E-state index is 12.9. The van der Waals surface area contributed by atoms with Gasteiger partial charge < -0.3 is 60.2 Å². The lowest BCUT2D eigenvalue weighted by Crippen LogP contribution is -2.38. The number of nitrogens with zero attached hydrogens (tertiary/aromatic N) is 3. The van der Waals surface area contributed by atoms with Crippen LogP contribution in [0.25, 0.3) is 11.0 Å². The highest BCUT2D eigenvalue weighted by atomic mass is 32.2. The molecule has 8 atom stereocenters. The van der Waals surface area contributed by atoms with Gasteiger partial charge >= 0.3 is 21.2 Å². The first kappa shape index (κ1) is 46.8. The molecule has 6 unspecified atom stereocenters. The maximum absolute atomic E-state index is 12.9. The van der Waals surface area contributed by atoms with Crippen LogP contribution < -0.4 is 33.1 Å². The minimum atomic E-state index is -4.98.